The number of allylic oxidation sites excluding steroid dienone is 6. The highest BCUT2D eigenvalue weighted by molar-refractivity contribution is 9.12. The second-order valence-electron chi connectivity index (χ2n) is 8.52. The molecule has 9 heteroatoms. The van der Waals surface area contributed by atoms with Gasteiger partial charge in [-0.3, -0.25) is 24.4 Å². The largest absolute Gasteiger partial charge is 0.491 e. The van der Waals surface area contributed by atoms with Crippen LogP contribution in [0.2, 0.25) is 0 Å². The number of amides is 2. The van der Waals surface area contributed by atoms with Crippen LogP contribution in [-0.4, -0.2) is 52.0 Å². The van der Waals surface area contributed by atoms with Crippen LogP contribution >= 0.6 is 15.9 Å². The van der Waals surface area contributed by atoms with Gasteiger partial charge < -0.3 is 9.84 Å². The van der Waals surface area contributed by atoms with Gasteiger partial charge in [0.05, 0.1) is 22.9 Å². The lowest BCUT2D eigenvalue weighted by Crippen LogP contribution is -2.39. The number of imide groups is 1. The maximum Gasteiger partial charge on any atom is 0.257 e. The standard InChI is InChI=1S/C24H20BrNO7/c25-17-10-18(28)21-16(22(17)29)9-15-13(5-6-14-20(15)24(31)26(32)23(14)30)19(21)11-1-3-12(4-2-11)33-8-7-27/h1-5,10,14-15,19-20,27,32H,6-9H2. The van der Waals surface area contributed by atoms with Gasteiger partial charge in [-0.15, -0.1) is 0 Å². The summed E-state index contributed by atoms with van der Waals surface area (Å²) in [6, 6.07) is 7.04. The van der Waals surface area contributed by atoms with E-state index in [1.54, 1.807) is 24.3 Å². The number of hydrogen-bond donors (Lipinski definition) is 2. The average Bonchev–Trinajstić information content (AvgIpc) is 3.04. The fraction of sp³-hybridized carbons (Fsp3) is 0.333. The van der Waals surface area contributed by atoms with Crippen LogP contribution in [0.5, 0.6) is 5.75 Å². The molecule has 3 aliphatic carbocycles. The van der Waals surface area contributed by atoms with Gasteiger partial charge in [0.25, 0.3) is 11.8 Å². The Bertz CT molecular complexity index is 1180. The number of carbonyl (C=O) groups excluding carboxylic acids is 4. The molecule has 4 unspecified atom stereocenters. The van der Waals surface area contributed by atoms with Crippen molar-refractivity contribution in [2.75, 3.05) is 13.2 Å². The number of ether oxygens (including phenoxy) is 1. The van der Waals surface area contributed by atoms with Crippen molar-refractivity contribution in [3.8, 4) is 5.75 Å². The average molecular weight is 514 g/mol. The highest BCUT2D eigenvalue weighted by Gasteiger charge is 2.56. The Balaban J connectivity index is 1.63. The molecule has 1 aromatic rings. The van der Waals surface area contributed by atoms with Crippen LogP contribution in [-0.2, 0) is 19.2 Å². The van der Waals surface area contributed by atoms with E-state index in [4.69, 9.17) is 9.84 Å². The van der Waals surface area contributed by atoms with E-state index in [-0.39, 0.29) is 47.2 Å². The van der Waals surface area contributed by atoms with Crippen LogP contribution in [0.4, 0.5) is 0 Å². The van der Waals surface area contributed by atoms with Gasteiger partial charge in [-0.05, 0) is 52.4 Å². The molecule has 2 N–H and O–H groups in total. The minimum Gasteiger partial charge on any atom is -0.491 e. The van der Waals surface area contributed by atoms with Crippen molar-refractivity contribution in [1.29, 1.82) is 0 Å². The van der Waals surface area contributed by atoms with Gasteiger partial charge in [0, 0.05) is 23.1 Å². The molecule has 1 aliphatic heterocycles. The van der Waals surface area contributed by atoms with Crippen molar-refractivity contribution in [2.45, 2.75) is 18.8 Å². The molecule has 0 spiro atoms. The van der Waals surface area contributed by atoms with Crippen LogP contribution in [0.25, 0.3) is 0 Å². The number of fused-ring (bicyclic) bond motifs is 3. The number of hydroxylamine groups is 2. The first-order valence-corrected chi connectivity index (χ1v) is 11.4. The van der Waals surface area contributed by atoms with Crippen molar-refractivity contribution in [3.63, 3.8) is 0 Å². The van der Waals surface area contributed by atoms with E-state index in [2.05, 4.69) is 15.9 Å². The Labute approximate surface area is 197 Å². The second-order valence-corrected chi connectivity index (χ2v) is 9.38. The van der Waals surface area contributed by atoms with Crippen molar-refractivity contribution < 1.29 is 34.2 Å². The lowest BCUT2D eigenvalue weighted by molar-refractivity contribution is -0.173. The molecule has 5 rings (SSSR count). The maximum atomic E-state index is 13.1. The van der Waals surface area contributed by atoms with Gasteiger partial charge in [-0.25, -0.2) is 0 Å². The zero-order valence-corrected chi connectivity index (χ0v) is 18.9. The van der Waals surface area contributed by atoms with E-state index >= 15 is 0 Å². The van der Waals surface area contributed by atoms with Crippen molar-refractivity contribution in [2.24, 2.45) is 17.8 Å². The van der Waals surface area contributed by atoms with Crippen molar-refractivity contribution in [3.05, 3.63) is 63.2 Å². The maximum absolute atomic E-state index is 13.1. The van der Waals surface area contributed by atoms with Gasteiger partial charge >= 0.3 is 0 Å². The van der Waals surface area contributed by atoms with Crippen LogP contribution in [0, 0.1) is 17.8 Å². The molecule has 4 atom stereocenters. The number of benzene rings is 1. The van der Waals surface area contributed by atoms with Gasteiger partial charge in [0.1, 0.15) is 12.4 Å². The first-order chi connectivity index (χ1) is 15.8. The summed E-state index contributed by atoms with van der Waals surface area (Å²) in [5.41, 5.74) is 2.27. The van der Waals surface area contributed by atoms with E-state index in [1.165, 1.54) is 6.08 Å². The predicted octanol–water partition coefficient (Wildman–Crippen LogP) is 2.21. The fourth-order valence-corrected chi connectivity index (χ4v) is 5.94. The minimum absolute atomic E-state index is 0.121. The Morgan fingerprint density at radius 1 is 1.06 bits per heavy atom. The monoisotopic (exact) mass is 513 g/mol. The number of ketones is 2. The van der Waals surface area contributed by atoms with E-state index in [0.717, 1.165) is 11.1 Å². The SMILES string of the molecule is O=C1C=C(Br)C(=O)C2=C1C(c1ccc(OCCO)cc1)C1=CCC3C(=O)N(O)C(=O)C3C1C2. The summed E-state index contributed by atoms with van der Waals surface area (Å²) in [4.78, 5) is 51.3. The van der Waals surface area contributed by atoms with Crippen molar-refractivity contribution in [1.82, 2.24) is 5.06 Å². The van der Waals surface area contributed by atoms with Crippen molar-refractivity contribution >= 4 is 39.3 Å². The third-order valence-electron chi connectivity index (χ3n) is 6.88. The smallest absolute Gasteiger partial charge is 0.257 e. The molecule has 170 valence electrons. The first-order valence-electron chi connectivity index (χ1n) is 10.6. The van der Waals surface area contributed by atoms with Gasteiger partial charge in [-0.1, -0.05) is 23.8 Å². The molecular weight excluding hydrogens is 494 g/mol. The summed E-state index contributed by atoms with van der Waals surface area (Å²) in [5.74, 6) is -3.84. The Hall–Kier alpha value is -2.88. The normalized spacial score (nSPS) is 28.9. The number of halogens is 1. The number of rotatable bonds is 4. The van der Waals surface area contributed by atoms with Crippen LogP contribution in [0.3, 0.4) is 0 Å². The van der Waals surface area contributed by atoms with E-state index in [1.807, 2.05) is 6.08 Å². The number of nitrogens with zero attached hydrogens (tertiary/aromatic N) is 1. The molecular formula is C24H20BrNO7. The quantitative estimate of drug-likeness (QED) is 0.274. The van der Waals surface area contributed by atoms with E-state index < -0.39 is 35.5 Å². The van der Waals surface area contributed by atoms with Crippen LogP contribution in [0.1, 0.15) is 24.3 Å². The molecule has 0 bridgehead atoms. The van der Waals surface area contributed by atoms with Crippen LogP contribution in [0.15, 0.2) is 57.6 Å². The zero-order valence-electron chi connectivity index (χ0n) is 17.4. The third-order valence-corrected chi connectivity index (χ3v) is 7.47. The summed E-state index contributed by atoms with van der Waals surface area (Å²) < 4.78 is 5.59. The number of aliphatic hydroxyl groups excluding tert-OH is 1. The van der Waals surface area contributed by atoms with Gasteiger partial charge in [-0.2, -0.15) is 5.06 Å². The lowest BCUT2D eigenvalue weighted by Gasteiger charge is -2.42. The Morgan fingerprint density at radius 2 is 1.79 bits per heavy atom. The fourth-order valence-electron chi connectivity index (χ4n) is 5.49. The highest BCUT2D eigenvalue weighted by Crippen LogP contribution is 2.55. The summed E-state index contributed by atoms with van der Waals surface area (Å²) in [5, 5.41) is 19.1. The molecule has 0 saturated carbocycles. The van der Waals surface area contributed by atoms with E-state index in [9.17, 15) is 24.4 Å². The topological polar surface area (TPSA) is 121 Å². The minimum atomic E-state index is -0.779. The van der Waals surface area contributed by atoms with E-state index in [0.29, 0.717) is 16.9 Å². The highest BCUT2D eigenvalue weighted by atomic mass is 79.9. The summed E-state index contributed by atoms with van der Waals surface area (Å²) in [6.45, 7) is 0.0260. The molecule has 0 aromatic heterocycles. The molecule has 8 nitrogen and oxygen atoms in total. The molecule has 1 saturated heterocycles. The summed E-state index contributed by atoms with van der Waals surface area (Å²) in [7, 11) is 0. The number of Topliss-reactive ketones (excluding diaryl/α,β-unsaturated/α-hetero) is 1. The number of aliphatic hydroxyl groups is 1. The molecule has 33 heavy (non-hydrogen) atoms. The molecule has 1 heterocycles. The zero-order chi connectivity index (χ0) is 23.4. The molecule has 1 fully saturated rings. The third kappa shape index (κ3) is 3.34. The molecule has 4 aliphatic rings. The number of carbonyl (C=O) groups is 4. The second kappa shape index (κ2) is 8.16. The number of hydrogen-bond acceptors (Lipinski definition) is 7. The van der Waals surface area contributed by atoms with Gasteiger partial charge in [0.2, 0.25) is 0 Å². The Morgan fingerprint density at radius 3 is 2.48 bits per heavy atom. The summed E-state index contributed by atoms with van der Waals surface area (Å²) >= 11 is 3.18. The van der Waals surface area contributed by atoms with Crippen LogP contribution < -0.4 is 4.74 Å². The Kier molecular flexibility index (Phi) is 5.43. The summed E-state index contributed by atoms with van der Waals surface area (Å²) in [6.07, 6.45) is 3.58. The lowest BCUT2D eigenvalue weighted by atomic mass is 9.59. The predicted molar refractivity (Wildman–Crippen MR) is 117 cm³/mol. The van der Waals surface area contributed by atoms with Gasteiger partial charge in [0.15, 0.2) is 11.6 Å². The first kappa shape index (κ1) is 21.9. The molecule has 2 amide bonds. The molecule has 1 aromatic carbocycles. The molecule has 0 radical (unpaired) electrons.